The second-order valence-corrected chi connectivity index (χ2v) is 7.50. The van der Waals surface area contributed by atoms with Crippen molar-refractivity contribution in [1.29, 1.82) is 0 Å². The molecule has 5 N–H and O–H groups in total. The van der Waals surface area contributed by atoms with Gasteiger partial charge in [0.15, 0.2) is 0 Å². The van der Waals surface area contributed by atoms with Gasteiger partial charge < -0.3 is 26.4 Å². The maximum absolute atomic E-state index is 12.9. The van der Waals surface area contributed by atoms with E-state index in [4.69, 9.17) is 5.73 Å². The van der Waals surface area contributed by atoms with Gasteiger partial charge >= 0.3 is 6.18 Å². The van der Waals surface area contributed by atoms with Crippen LogP contribution in [0, 0.1) is 5.92 Å². The van der Waals surface area contributed by atoms with Gasteiger partial charge in [-0.1, -0.05) is 0 Å². The highest BCUT2D eigenvalue weighted by atomic mass is 19.4. The predicted octanol–water partition coefficient (Wildman–Crippen LogP) is 2.98. The Labute approximate surface area is 163 Å². The van der Waals surface area contributed by atoms with Crippen LogP contribution in [0.25, 0.3) is 0 Å². The van der Waals surface area contributed by atoms with Crippen LogP contribution in [0.4, 0.5) is 30.2 Å². The summed E-state index contributed by atoms with van der Waals surface area (Å²) in [5.41, 5.74) is 7.96. The Balaban J connectivity index is 2.17. The normalized spacial score (nSPS) is 21.1. The Morgan fingerprint density at radius 3 is 2.43 bits per heavy atom. The number of carbonyl (C=O) groups is 1. The highest BCUT2D eigenvalue weighted by Crippen LogP contribution is 2.37. The quantitative estimate of drug-likeness (QED) is 0.549. The maximum atomic E-state index is 12.9. The lowest BCUT2D eigenvalue weighted by molar-refractivity contribution is -0.182. The number of nitrogens with one attached hydrogen (secondary N) is 2. The Bertz CT molecular complexity index is 686. The van der Waals surface area contributed by atoms with Crippen molar-refractivity contribution >= 4 is 23.0 Å². The molecule has 1 aromatic carbocycles. The summed E-state index contributed by atoms with van der Waals surface area (Å²) < 4.78 is 38.5. The van der Waals surface area contributed by atoms with Crippen molar-refractivity contribution in [2.75, 3.05) is 36.6 Å². The number of hydrogen-bond donors (Lipinski definition) is 4. The molecule has 1 aliphatic rings. The molecule has 9 heteroatoms. The maximum Gasteiger partial charge on any atom is 0.391 e. The third kappa shape index (κ3) is 5.43. The first-order valence-electron chi connectivity index (χ1n) is 9.41. The number of amides is 1. The molecule has 0 saturated heterocycles. The summed E-state index contributed by atoms with van der Waals surface area (Å²) in [6, 6.07) is 2.98. The van der Waals surface area contributed by atoms with Crippen molar-refractivity contribution in [3.63, 3.8) is 0 Å². The average molecular weight is 402 g/mol. The van der Waals surface area contributed by atoms with E-state index in [0.29, 0.717) is 42.0 Å². The van der Waals surface area contributed by atoms with E-state index in [1.165, 1.54) is 0 Å². The highest BCUT2D eigenvalue weighted by Gasteiger charge is 2.41. The number of carbonyl (C=O) groups excluding carboxylic acids is 1. The van der Waals surface area contributed by atoms with E-state index in [1.54, 1.807) is 38.1 Å². The van der Waals surface area contributed by atoms with Crippen molar-refractivity contribution in [2.45, 2.75) is 50.9 Å². The molecule has 1 aliphatic carbocycles. The largest absolute Gasteiger partial charge is 0.397 e. The van der Waals surface area contributed by atoms with Crippen LogP contribution in [-0.2, 0) is 0 Å². The first-order chi connectivity index (χ1) is 13.0. The fourth-order valence-electron chi connectivity index (χ4n) is 3.64. The van der Waals surface area contributed by atoms with Gasteiger partial charge in [0.2, 0.25) is 0 Å². The van der Waals surface area contributed by atoms with Crippen molar-refractivity contribution in [2.24, 2.45) is 5.92 Å². The van der Waals surface area contributed by atoms with Gasteiger partial charge in [0, 0.05) is 26.7 Å². The minimum atomic E-state index is -4.18. The fourth-order valence-corrected chi connectivity index (χ4v) is 3.64. The van der Waals surface area contributed by atoms with E-state index in [2.05, 4.69) is 10.6 Å². The van der Waals surface area contributed by atoms with Gasteiger partial charge in [0.25, 0.3) is 5.91 Å². The van der Waals surface area contributed by atoms with Gasteiger partial charge in [0.05, 0.1) is 34.6 Å². The summed E-state index contributed by atoms with van der Waals surface area (Å²) in [6.07, 6.45) is -4.16. The number of alkyl halides is 3. The zero-order valence-electron chi connectivity index (χ0n) is 16.4. The molecule has 1 atom stereocenters. The van der Waals surface area contributed by atoms with E-state index in [-0.39, 0.29) is 24.8 Å². The zero-order valence-corrected chi connectivity index (χ0v) is 16.4. The van der Waals surface area contributed by atoms with Gasteiger partial charge in [-0.05, 0) is 44.7 Å². The second kappa shape index (κ2) is 8.89. The van der Waals surface area contributed by atoms with E-state index in [1.807, 2.05) is 0 Å². The van der Waals surface area contributed by atoms with Gasteiger partial charge in [-0.3, -0.25) is 4.79 Å². The third-order valence-electron chi connectivity index (χ3n) is 5.16. The molecule has 0 spiro atoms. The highest BCUT2D eigenvalue weighted by molar-refractivity contribution is 6.02. The zero-order chi connectivity index (χ0) is 21.1. The molecule has 2 rings (SSSR count). The number of benzene rings is 1. The molecule has 1 saturated carbocycles. The molecule has 28 heavy (non-hydrogen) atoms. The number of rotatable bonds is 6. The first-order valence-corrected chi connectivity index (χ1v) is 9.41. The number of nitrogen functional groups attached to an aromatic ring is 1. The summed E-state index contributed by atoms with van der Waals surface area (Å²) in [5, 5.41) is 15.5. The number of anilines is 3. The first kappa shape index (κ1) is 22.1. The van der Waals surface area contributed by atoms with Crippen LogP contribution >= 0.6 is 0 Å². The Morgan fingerprint density at radius 2 is 1.93 bits per heavy atom. The van der Waals surface area contributed by atoms with Gasteiger partial charge in [0.1, 0.15) is 0 Å². The monoisotopic (exact) mass is 402 g/mol. The topological polar surface area (TPSA) is 90.6 Å². The molecule has 0 heterocycles. The van der Waals surface area contributed by atoms with Crippen LogP contribution in [0.5, 0.6) is 0 Å². The lowest BCUT2D eigenvalue weighted by atomic mass is 9.85. The average Bonchev–Trinajstić information content (AvgIpc) is 2.60. The molecule has 1 amide bonds. The van der Waals surface area contributed by atoms with Crippen molar-refractivity contribution in [3.05, 3.63) is 17.7 Å². The van der Waals surface area contributed by atoms with Crippen molar-refractivity contribution < 1.29 is 23.1 Å². The van der Waals surface area contributed by atoms with E-state index in [9.17, 15) is 23.1 Å². The second-order valence-electron chi connectivity index (χ2n) is 7.50. The number of hydrogen-bond acceptors (Lipinski definition) is 5. The van der Waals surface area contributed by atoms with Gasteiger partial charge in [-0.15, -0.1) is 0 Å². The molecule has 0 bridgehead atoms. The molecule has 6 nitrogen and oxygen atoms in total. The Morgan fingerprint density at radius 1 is 1.32 bits per heavy atom. The Kier molecular flexibility index (Phi) is 7.03. The number of nitrogens with two attached hydrogens (primary N) is 1. The number of aliphatic hydroxyl groups is 1. The van der Waals surface area contributed by atoms with Crippen LogP contribution in [0.2, 0.25) is 0 Å². The smallest absolute Gasteiger partial charge is 0.391 e. The number of likely N-dealkylation sites (N-methyl/N-ethyl adjacent to an activating group) is 1. The summed E-state index contributed by atoms with van der Waals surface area (Å²) in [4.78, 5) is 14.6. The molecule has 158 valence electrons. The molecule has 1 aromatic rings. The predicted molar refractivity (Wildman–Crippen MR) is 105 cm³/mol. The van der Waals surface area contributed by atoms with Crippen LogP contribution in [-0.4, -0.2) is 50.0 Å². The van der Waals surface area contributed by atoms with Crippen LogP contribution in [0.15, 0.2) is 12.1 Å². The lowest BCUT2D eigenvalue weighted by Gasteiger charge is -2.31. The van der Waals surface area contributed by atoms with Crippen LogP contribution in [0.3, 0.4) is 0 Å². The number of halogens is 3. The van der Waals surface area contributed by atoms with Crippen molar-refractivity contribution in [3.8, 4) is 0 Å². The van der Waals surface area contributed by atoms with Crippen molar-refractivity contribution in [1.82, 2.24) is 5.32 Å². The number of nitrogens with zero attached hydrogens (tertiary/aromatic N) is 1. The van der Waals surface area contributed by atoms with Gasteiger partial charge in [-0.2, -0.15) is 13.2 Å². The molecule has 1 unspecified atom stereocenters. The Hall–Kier alpha value is -2.16. The molecular weight excluding hydrogens is 373 g/mol. The summed E-state index contributed by atoms with van der Waals surface area (Å²) >= 11 is 0. The summed E-state index contributed by atoms with van der Waals surface area (Å²) in [7, 11) is 3.46. The van der Waals surface area contributed by atoms with E-state index in [0.717, 1.165) is 0 Å². The standard InChI is InChI=1S/C19H29F3N4O2/c1-11(27)10-26(3)17-9-16(24-2)15(23)8-14(17)18(28)25-13-6-4-12(5-7-13)19(20,21)22/h8-9,11-13,24,27H,4-7,10,23H2,1-3H3,(H,25,28). The summed E-state index contributed by atoms with van der Waals surface area (Å²) in [5.74, 6) is -1.67. The minimum absolute atomic E-state index is 0.0179. The SMILES string of the molecule is CNc1cc(N(C)CC(C)O)c(C(=O)NC2CCC(C(F)(F)F)CC2)cc1N. The van der Waals surface area contributed by atoms with E-state index >= 15 is 0 Å². The molecule has 0 radical (unpaired) electrons. The fraction of sp³-hybridized carbons (Fsp3) is 0.632. The van der Waals surface area contributed by atoms with Crippen LogP contribution in [0.1, 0.15) is 43.0 Å². The molecule has 0 aromatic heterocycles. The van der Waals surface area contributed by atoms with Gasteiger partial charge in [-0.25, -0.2) is 0 Å². The number of aliphatic hydroxyl groups excluding tert-OH is 1. The molecule has 0 aliphatic heterocycles. The minimum Gasteiger partial charge on any atom is -0.397 e. The van der Waals surface area contributed by atoms with Crippen LogP contribution < -0.4 is 21.3 Å². The van der Waals surface area contributed by atoms with E-state index < -0.39 is 18.2 Å². The third-order valence-corrected chi connectivity index (χ3v) is 5.16. The molecular formula is C19H29F3N4O2. The lowest BCUT2D eigenvalue weighted by Crippen LogP contribution is -2.40. The molecule has 1 fully saturated rings. The summed E-state index contributed by atoms with van der Waals surface area (Å²) in [6.45, 7) is 1.95.